The minimum Gasteiger partial charge on any atom is -0.462 e. The molecule has 0 aliphatic rings. The zero-order valence-corrected chi connectivity index (χ0v) is 50.3. The van der Waals surface area contributed by atoms with Gasteiger partial charge in [-0.3, -0.25) is 14.4 Å². The topological polar surface area (TPSA) is 78.9 Å². The molecular weight excluding hydrogens is 925 g/mol. The van der Waals surface area contributed by atoms with E-state index in [0.717, 1.165) is 70.6 Å². The highest BCUT2D eigenvalue weighted by Gasteiger charge is 2.19. The van der Waals surface area contributed by atoms with Crippen molar-refractivity contribution in [2.75, 3.05) is 13.2 Å². The van der Waals surface area contributed by atoms with Crippen LogP contribution < -0.4 is 0 Å². The van der Waals surface area contributed by atoms with E-state index in [1.54, 1.807) is 0 Å². The third-order valence-corrected chi connectivity index (χ3v) is 14.8. The number of rotatable bonds is 61. The molecule has 1 unspecified atom stereocenters. The van der Waals surface area contributed by atoms with Crippen LogP contribution in [0.1, 0.15) is 355 Å². The molecule has 0 aromatic heterocycles. The average Bonchev–Trinajstić information content (AvgIpc) is 3.41. The largest absolute Gasteiger partial charge is 0.462 e. The van der Waals surface area contributed by atoms with E-state index in [2.05, 4.69) is 69.4 Å². The van der Waals surface area contributed by atoms with E-state index in [1.807, 2.05) is 0 Å². The summed E-state index contributed by atoms with van der Waals surface area (Å²) < 4.78 is 17.0. The number of hydrogen-bond acceptors (Lipinski definition) is 6. The van der Waals surface area contributed by atoms with E-state index in [4.69, 9.17) is 14.2 Å². The predicted octanol–water partition coefficient (Wildman–Crippen LogP) is 22.6. The molecule has 0 aromatic rings. The fourth-order valence-corrected chi connectivity index (χ4v) is 9.80. The number of carbonyl (C=O) groups excluding carboxylic acids is 3. The number of ether oxygens (including phenoxy) is 3. The van der Waals surface area contributed by atoms with Crippen LogP contribution in [-0.2, 0) is 28.6 Å². The molecule has 1 atom stereocenters. The number of allylic oxidation sites excluding steroid dienone is 8. The van der Waals surface area contributed by atoms with Gasteiger partial charge in [0.1, 0.15) is 13.2 Å². The first-order valence-electron chi connectivity index (χ1n) is 33.1. The predicted molar refractivity (Wildman–Crippen MR) is 325 cm³/mol. The molecule has 6 heteroatoms. The Balaban J connectivity index is 4.31. The second kappa shape index (κ2) is 63.9. The molecule has 0 rings (SSSR count). The summed E-state index contributed by atoms with van der Waals surface area (Å²) in [6.45, 7) is 6.66. The van der Waals surface area contributed by atoms with Crippen molar-refractivity contribution < 1.29 is 28.6 Å². The first-order chi connectivity index (χ1) is 37.0. The maximum absolute atomic E-state index is 12.9. The first-order valence-corrected chi connectivity index (χ1v) is 33.1. The van der Waals surface area contributed by atoms with Crippen LogP contribution in [0.2, 0.25) is 0 Å². The van der Waals surface area contributed by atoms with Crippen LogP contribution >= 0.6 is 0 Å². The van der Waals surface area contributed by atoms with Crippen molar-refractivity contribution in [1.82, 2.24) is 0 Å². The SMILES string of the molecule is CCCCC/C=C\C/C=C\CCCCCCCCCCCC(=O)OC(COC(=O)CCCCCCCCCCCCC/C=C\C/C=C\CCCCCCC)COC(=O)CCCCCCCCCCCCCCCCC. The number of esters is 3. The quantitative estimate of drug-likeness (QED) is 0.0261. The number of hydrogen-bond donors (Lipinski definition) is 0. The molecule has 0 heterocycles. The van der Waals surface area contributed by atoms with E-state index in [0.29, 0.717) is 19.3 Å². The van der Waals surface area contributed by atoms with Crippen LogP contribution in [-0.4, -0.2) is 37.2 Å². The van der Waals surface area contributed by atoms with Crippen LogP contribution in [0.25, 0.3) is 0 Å². The molecule has 0 fully saturated rings. The zero-order chi connectivity index (χ0) is 54.3. The molecule has 0 N–H and O–H groups in total. The highest BCUT2D eigenvalue weighted by atomic mass is 16.6. The summed E-state index contributed by atoms with van der Waals surface area (Å²) in [4.78, 5) is 38.4. The summed E-state index contributed by atoms with van der Waals surface area (Å²) in [7, 11) is 0. The molecule has 75 heavy (non-hydrogen) atoms. The molecule has 0 aliphatic heterocycles. The van der Waals surface area contributed by atoms with Gasteiger partial charge in [-0.1, -0.05) is 301 Å². The van der Waals surface area contributed by atoms with Crippen molar-refractivity contribution in [2.45, 2.75) is 361 Å². The maximum Gasteiger partial charge on any atom is 0.306 e. The van der Waals surface area contributed by atoms with Crippen molar-refractivity contribution in [1.29, 1.82) is 0 Å². The Morgan fingerprint density at radius 3 is 0.760 bits per heavy atom. The van der Waals surface area contributed by atoms with Crippen molar-refractivity contribution in [3.63, 3.8) is 0 Å². The van der Waals surface area contributed by atoms with Gasteiger partial charge in [0.15, 0.2) is 6.10 Å². The lowest BCUT2D eigenvalue weighted by Gasteiger charge is -2.18. The Hall–Kier alpha value is -2.63. The third kappa shape index (κ3) is 62.1. The van der Waals surface area contributed by atoms with Crippen molar-refractivity contribution >= 4 is 17.9 Å². The van der Waals surface area contributed by atoms with Crippen LogP contribution in [0.4, 0.5) is 0 Å². The van der Waals surface area contributed by atoms with Gasteiger partial charge in [0.25, 0.3) is 0 Å². The van der Waals surface area contributed by atoms with Crippen molar-refractivity contribution in [2.24, 2.45) is 0 Å². The molecular formula is C69H126O6. The van der Waals surface area contributed by atoms with Crippen LogP contribution in [0, 0.1) is 0 Å². The maximum atomic E-state index is 12.9. The monoisotopic (exact) mass is 1050 g/mol. The van der Waals surface area contributed by atoms with E-state index < -0.39 is 6.10 Å². The lowest BCUT2D eigenvalue weighted by Crippen LogP contribution is -2.30. The molecule has 0 bridgehead atoms. The Labute approximate surface area is 467 Å². The molecule has 0 aromatic carbocycles. The van der Waals surface area contributed by atoms with Gasteiger partial charge in [-0.05, 0) is 83.5 Å². The Bertz CT molecular complexity index is 1300. The van der Waals surface area contributed by atoms with E-state index >= 15 is 0 Å². The molecule has 0 saturated carbocycles. The summed E-state index contributed by atoms with van der Waals surface area (Å²) in [6, 6.07) is 0. The van der Waals surface area contributed by atoms with Crippen LogP contribution in [0.5, 0.6) is 0 Å². The van der Waals surface area contributed by atoms with Gasteiger partial charge in [-0.15, -0.1) is 0 Å². The summed E-state index contributed by atoms with van der Waals surface area (Å²) in [6.07, 6.45) is 79.7. The first kappa shape index (κ1) is 72.4. The van der Waals surface area contributed by atoms with Gasteiger partial charge in [0.05, 0.1) is 0 Å². The summed E-state index contributed by atoms with van der Waals surface area (Å²) in [5.41, 5.74) is 0. The van der Waals surface area contributed by atoms with E-state index in [1.165, 1.54) is 244 Å². The summed E-state index contributed by atoms with van der Waals surface area (Å²) in [5, 5.41) is 0. The fraction of sp³-hybridized carbons (Fsp3) is 0.841. The highest BCUT2D eigenvalue weighted by molar-refractivity contribution is 5.71. The van der Waals surface area contributed by atoms with Gasteiger partial charge in [0, 0.05) is 19.3 Å². The van der Waals surface area contributed by atoms with E-state index in [9.17, 15) is 14.4 Å². The minimum atomic E-state index is -0.775. The molecule has 0 spiro atoms. The van der Waals surface area contributed by atoms with Gasteiger partial charge in [-0.2, -0.15) is 0 Å². The van der Waals surface area contributed by atoms with Crippen LogP contribution in [0.3, 0.4) is 0 Å². The second-order valence-electron chi connectivity index (χ2n) is 22.4. The van der Waals surface area contributed by atoms with E-state index in [-0.39, 0.29) is 31.1 Å². The molecule has 0 amide bonds. The molecule has 438 valence electrons. The van der Waals surface area contributed by atoms with Gasteiger partial charge in [0.2, 0.25) is 0 Å². The highest BCUT2D eigenvalue weighted by Crippen LogP contribution is 2.17. The molecule has 0 radical (unpaired) electrons. The lowest BCUT2D eigenvalue weighted by atomic mass is 10.0. The van der Waals surface area contributed by atoms with Crippen molar-refractivity contribution in [3.8, 4) is 0 Å². The fourth-order valence-electron chi connectivity index (χ4n) is 9.80. The van der Waals surface area contributed by atoms with Gasteiger partial charge in [-0.25, -0.2) is 0 Å². The zero-order valence-electron chi connectivity index (χ0n) is 50.3. The second-order valence-corrected chi connectivity index (χ2v) is 22.4. The molecule has 0 aliphatic carbocycles. The summed E-state index contributed by atoms with van der Waals surface area (Å²) >= 11 is 0. The smallest absolute Gasteiger partial charge is 0.306 e. The lowest BCUT2D eigenvalue weighted by molar-refractivity contribution is -0.167. The molecule has 6 nitrogen and oxygen atoms in total. The molecule has 0 saturated heterocycles. The third-order valence-electron chi connectivity index (χ3n) is 14.8. The number of unbranched alkanes of at least 4 members (excludes halogenated alkanes) is 42. The Kier molecular flexibility index (Phi) is 61.7. The minimum absolute atomic E-state index is 0.0712. The summed E-state index contributed by atoms with van der Waals surface area (Å²) in [5.74, 6) is -0.854. The number of carbonyl (C=O) groups is 3. The Morgan fingerprint density at radius 1 is 0.267 bits per heavy atom. The average molecular weight is 1050 g/mol. The van der Waals surface area contributed by atoms with Crippen molar-refractivity contribution in [3.05, 3.63) is 48.6 Å². The normalized spacial score (nSPS) is 12.3. The van der Waals surface area contributed by atoms with Crippen LogP contribution in [0.15, 0.2) is 48.6 Å². The van der Waals surface area contributed by atoms with Gasteiger partial charge >= 0.3 is 17.9 Å². The standard InChI is InChI=1S/C69H126O6/c1-4-7-10-13-16-19-22-25-28-30-32-33-34-35-37-38-41-44-47-50-53-56-59-62-68(71)74-65-66(64-73-67(70)61-58-55-52-49-46-43-40-27-24-21-18-15-12-9-6-3)75-69(72)63-60-57-54-51-48-45-42-39-36-31-29-26-23-20-17-14-11-8-5-2/h17,20,22,25-26,29-30,32,66H,4-16,18-19,21,23-24,27-28,31,33-65H2,1-3H3/b20-17-,25-22-,29-26-,32-30-. The van der Waals surface area contributed by atoms with Gasteiger partial charge < -0.3 is 14.2 Å². The Morgan fingerprint density at radius 2 is 0.480 bits per heavy atom.